The van der Waals surface area contributed by atoms with E-state index < -0.39 is 5.82 Å². The van der Waals surface area contributed by atoms with Crippen LogP contribution in [0, 0.1) is 5.82 Å². The molecule has 1 amide bonds. The van der Waals surface area contributed by atoms with Gasteiger partial charge in [0.2, 0.25) is 0 Å². The molecular weight excluding hydrogens is 381 g/mol. The van der Waals surface area contributed by atoms with Crippen molar-refractivity contribution >= 4 is 43.5 Å². The molecule has 0 saturated heterocycles. The number of nitrogens with one attached hydrogen (secondary N) is 1. The zero-order valence-electron chi connectivity index (χ0n) is 9.95. The first kappa shape index (κ1) is 14.2. The van der Waals surface area contributed by atoms with E-state index in [1.807, 2.05) is 6.92 Å². The maximum absolute atomic E-state index is 13.2. The molecule has 1 heterocycles. The molecule has 1 aromatic carbocycles. The molecule has 2 aromatic rings. The highest BCUT2D eigenvalue weighted by atomic mass is 79.9. The van der Waals surface area contributed by atoms with Gasteiger partial charge in [0.05, 0.1) is 5.69 Å². The third kappa shape index (κ3) is 3.03. The first-order valence-corrected chi connectivity index (χ1v) is 7.09. The summed E-state index contributed by atoms with van der Waals surface area (Å²) in [6.45, 7) is 2.50. The largest absolute Gasteiger partial charge is 0.319 e. The average molecular weight is 391 g/mol. The van der Waals surface area contributed by atoms with E-state index in [1.54, 1.807) is 16.9 Å². The zero-order valence-corrected chi connectivity index (χ0v) is 13.1. The van der Waals surface area contributed by atoms with Crippen molar-refractivity contribution in [1.82, 2.24) is 9.78 Å². The molecule has 19 heavy (non-hydrogen) atoms. The zero-order chi connectivity index (χ0) is 14.0. The Balaban J connectivity index is 2.29. The number of aromatic nitrogens is 2. The van der Waals surface area contributed by atoms with Gasteiger partial charge in [-0.05, 0) is 57.0 Å². The monoisotopic (exact) mass is 389 g/mol. The average Bonchev–Trinajstić information content (AvgIpc) is 2.81. The smallest absolute Gasteiger partial charge is 0.273 e. The second-order valence-electron chi connectivity index (χ2n) is 3.73. The fourth-order valence-corrected chi connectivity index (χ4v) is 2.95. The van der Waals surface area contributed by atoms with Gasteiger partial charge in [-0.25, -0.2) is 4.39 Å². The molecule has 0 aliphatic heterocycles. The number of anilines is 1. The number of hydrogen-bond acceptors (Lipinski definition) is 2. The van der Waals surface area contributed by atoms with Gasteiger partial charge in [0.15, 0.2) is 0 Å². The Bertz CT molecular complexity index is 604. The minimum Gasteiger partial charge on any atom is -0.319 e. The van der Waals surface area contributed by atoms with Crippen molar-refractivity contribution in [2.24, 2.45) is 0 Å². The topological polar surface area (TPSA) is 46.9 Å². The minimum absolute atomic E-state index is 0.299. The lowest BCUT2D eigenvalue weighted by atomic mass is 10.3. The van der Waals surface area contributed by atoms with E-state index in [9.17, 15) is 9.18 Å². The molecule has 0 unspecified atom stereocenters. The van der Waals surface area contributed by atoms with Crippen molar-refractivity contribution in [1.29, 1.82) is 0 Å². The lowest BCUT2D eigenvalue weighted by Crippen LogP contribution is -2.18. The molecule has 2 rings (SSSR count). The molecule has 4 nitrogen and oxygen atoms in total. The van der Waals surface area contributed by atoms with E-state index in [2.05, 4.69) is 42.3 Å². The molecule has 0 atom stereocenters. The van der Waals surface area contributed by atoms with E-state index >= 15 is 0 Å². The van der Waals surface area contributed by atoms with Crippen LogP contribution >= 0.6 is 31.9 Å². The van der Waals surface area contributed by atoms with Crippen molar-refractivity contribution in [2.75, 3.05) is 5.32 Å². The van der Waals surface area contributed by atoms with Gasteiger partial charge in [-0.1, -0.05) is 0 Å². The van der Waals surface area contributed by atoms with Crippen LogP contribution in [-0.2, 0) is 6.54 Å². The van der Waals surface area contributed by atoms with E-state index in [-0.39, 0.29) is 5.91 Å². The van der Waals surface area contributed by atoms with Gasteiger partial charge in [0, 0.05) is 21.7 Å². The summed E-state index contributed by atoms with van der Waals surface area (Å²) in [5.74, 6) is -0.692. The Kier molecular flexibility index (Phi) is 4.36. The van der Waals surface area contributed by atoms with Crippen LogP contribution in [0.15, 0.2) is 33.3 Å². The van der Waals surface area contributed by atoms with Crippen molar-refractivity contribution in [2.45, 2.75) is 13.5 Å². The lowest BCUT2D eigenvalue weighted by Gasteiger charge is -2.10. The Morgan fingerprint density at radius 3 is 2.63 bits per heavy atom. The van der Waals surface area contributed by atoms with Gasteiger partial charge in [-0.3, -0.25) is 9.48 Å². The highest BCUT2D eigenvalue weighted by molar-refractivity contribution is 9.11. The number of rotatable bonds is 3. The molecule has 0 radical (unpaired) electrons. The van der Waals surface area contributed by atoms with Crippen LogP contribution in [0.1, 0.15) is 17.4 Å². The summed E-state index contributed by atoms with van der Waals surface area (Å²) in [7, 11) is 0. The molecule has 0 spiro atoms. The summed E-state index contributed by atoms with van der Waals surface area (Å²) < 4.78 is 15.7. The number of nitrogens with zero attached hydrogens (tertiary/aromatic N) is 2. The highest BCUT2D eigenvalue weighted by Gasteiger charge is 2.15. The molecule has 1 aromatic heterocycles. The van der Waals surface area contributed by atoms with Gasteiger partial charge in [-0.2, -0.15) is 5.10 Å². The van der Waals surface area contributed by atoms with E-state index in [0.29, 0.717) is 26.9 Å². The van der Waals surface area contributed by atoms with Gasteiger partial charge >= 0.3 is 0 Å². The molecule has 1 N–H and O–H groups in total. The van der Waals surface area contributed by atoms with Crippen LogP contribution in [0.2, 0.25) is 0 Å². The quantitative estimate of drug-likeness (QED) is 0.865. The molecule has 0 aliphatic rings. The predicted octanol–water partition coefficient (Wildman–Crippen LogP) is 3.82. The number of aryl methyl sites for hydroxylation is 1. The van der Waals surface area contributed by atoms with Crippen molar-refractivity contribution in [3.05, 3.63) is 44.9 Å². The molecule has 0 fully saturated rings. The second kappa shape index (κ2) is 5.83. The highest BCUT2D eigenvalue weighted by Crippen LogP contribution is 2.32. The third-order valence-electron chi connectivity index (χ3n) is 2.49. The Morgan fingerprint density at radius 1 is 1.42 bits per heavy atom. The minimum atomic E-state index is -0.393. The lowest BCUT2D eigenvalue weighted by molar-refractivity contribution is 0.101. The number of carbonyl (C=O) groups excluding carboxylic acids is 1. The normalized spacial score (nSPS) is 10.5. The van der Waals surface area contributed by atoms with Crippen LogP contribution in [0.3, 0.4) is 0 Å². The Morgan fingerprint density at radius 2 is 2.05 bits per heavy atom. The summed E-state index contributed by atoms with van der Waals surface area (Å²) in [6.07, 6.45) is 1.56. The SMILES string of the molecule is CCn1nccc1C(=O)Nc1c(Br)cc(F)cc1Br. The number of halogens is 3. The van der Waals surface area contributed by atoms with Crippen LogP contribution in [0.4, 0.5) is 10.1 Å². The van der Waals surface area contributed by atoms with Gasteiger partial charge in [0.1, 0.15) is 11.5 Å². The van der Waals surface area contributed by atoms with E-state index in [4.69, 9.17) is 0 Å². The molecule has 0 aliphatic carbocycles. The maximum Gasteiger partial charge on any atom is 0.273 e. The predicted molar refractivity (Wildman–Crippen MR) is 77.7 cm³/mol. The van der Waals surface area contributed by atoms with Crippen LogP contribution in [0.5, 0.6) is 0 Å². The number of amides is 1. The number of carbonyl (C=O) groups is 1. The number of benzene rings is 1. The second-order valence-corrected chi connectivity index (χ2v) is 5.44. The molecule has 0 saturated carbocycles. The Labute approximate surface area is 126 Å². The number of hydrogen-bond donors (Lipinski definition) is 1. The van der Waals surface area contributed by atoms with Crippen LogP contribution in [0.25, 0.3) is 0 Å². The van der Waals surface area contributed by atoms with Crippen molar-refractivity contribution < 1.29 is 9.18 Å². The summed E-state index contributed by atoms with van der Waals surface area (Å²) in [6, 6.07) is 4.21. The maximum atomic E-state index is 13.2. The molecular formula is C12H10Br2FN3O. The van der Waals surface area contributed by atoms with Crippen LogP contribution in [-0.4, -0.2) is 15.7 Å². The van der Waals surface area contributed by atoms with Crippen molar-refractivity contribution in [3.63, 3.8) is 0 Å². The molecule has 0 bridgehead atoms. The summed E-state index contributed by atoms with van der Waals surface area (Å²) in [5, 5.41) is 6.75. The standard InChI is InChI=1S/C12H10Br2FN3O/c1-2-18-10(3-4-16-18)12(19)17-11-8(13)5-7(15)6-9(11)14/h3-6H,2H2,1H3,(H,17,19). The van der Waals surface area contributed by atoms with Gasteiger partial charge in [-0.15, -0.1) is 0 Å². The van der Waals surface area contributed by atoms with Gasteiger partial charge < -0.3 is 5.32 Å². The van der Waals surface area contributed by atoms with Crippen molar-refractivity contribution in [3.8, 4) is 0 Å². The molecule has 100 valence electrons. The first-order chi connectivity index (χ1) is 9.02. The van der Waals surface area contributed by atoms with E-state index in [1.165, 1.54) is 12.1 Å². The third-order valence-corrected chi connectivity index (χ3v) is 3.74. The van der Waals surface area contributed by atoms with Gasteiger partial charge in [0.25, 0.3) is 5.91 Å². The summed E-state index contributed by atoms with van der Waals surface area (Å²) >= 11 is 6.44. The molecule has 7 heteroatoms. The fourth-order valence-electron chi connectivity index (χ4n) is 1.62. The summed E-state index contributed by atoms with van der Waals surface area (Å²) in [5.41, 5.74) is 0.931. The van der Waals surface area contributed by atoms with Crippen LogP contribution < -0.4 is 5.32 Å². The first-order valence-electron chi connectivity index (χ1n) is 5.50. The van der Waals surface area contributed by atoms with E-state index in [0.717, 1.165) is 0 Å². The fraction of sp³-hybridized carbons (Fsp3) is 0.167. The summed E-state index contributed by atoms with van der Waals surface area (Å²) in [4.78, 5) is 12.1. The Hall–Kier alpha value is -1.21.